The van der Waals surface area contributed by atoms with E-state index in [4.69, 9.17) is 0 Å². The lowest BCUT2D eigenvalue weighted by molar-refractivity contribution is -0.130. The highest BCUT2D eigenvalue weighted by molar-refractivity contribution is 5.82. The van der Waals surface area contributed by atoms with E-state index >= 15 is 0 Å². The van der Waals surface area contributed by atoms with Gasteiger partial charge >= 0.3 is 0 Å². The van der Waals surface area contributed by atoms with Gasteiger partial charge < -0.3 is 15.5 Å². The van der Waals surface area contributed by atoms with Crippen LogP contribution in [0.1, 0.15) is 33.1 Å². The molecule has 1 aliphatic rings. The van der Waals surface area contributed by atoms with Crippen LogP contribution in [0.4, 0.5) is 0 Å². The fourth-order valence-electron chi connectivity index (χ4n) is 2.40. The number of carbonyl (C=O) groups is 3. The van der Waals surface area contributed by atoms with E-state index in [-0.39, 0.29) is 36.9 Å². The lowest BCUT2D eigenvalue weighted by atomic mass is 10.3. The van der Waals surface area contributed by atoms with Crippen LogP contribution in [0.2, 0.25) is 0 Å². The number of likely N-dealkylation sites (N-methyl/N-ethyl adjacent to an activating group) is 1. The van der Waals surface area contributed by atoms with Gasteiger partial charge in [-0.15, -0.1) is 0 Å². The Hall–Kier alpha value is -1.63. The minimum atomic E-state index is -0.172. The van der Waals surface area contributed by atoms with Crippen LogP contribution < -0.4 is 10.6 Å². The molecule has 2 N–H and O–H groups in total. The molecule has 0 aromatic heterocycles. The summed E-state index contributed by atoms with van der Waals surface area (Å²) >= 11 is 0. The minimum Gasteiger partial charge on any atom is -0.354 e. The summed E-state index contributed by atoms with van der Waals surface area (Å²) in [5.41, 5.74) is 0. The Morgan fingerprint density at radius 1 is 1.09 bits per heavy atom. The predicted octanol–water partition coefficient (Wildman–Crippen LogP) is -0.428. The van der Waals surface area contributed by atoms with Crippen LogP contribution in [0.3, 0.4) is 0 Å². The van der Waals surface area contributed by atoms with Gasteiger partial charge in [0.2, 0.25) is 17.7 Å². The van der Waals surface area contributed by atoms with E-state index in [0.29, 0.717) is 13.0 Å². The topological polar surface area (TPSA) is 81.8 Å². The molecule has 0 bridgehead atoms. The van der Waals surface area contributed by atoms with Gasteiger partial charge in [-0.05, 0) is 33.7 Å². The molecular formula is C15H28N4O3. The maximum atomic E-state index is 11.8. The zero-order valence-electron chi connectivity index (χ0n) is 13.9. The third-order valence-electron chi connectivity index (χ3n) is 3.40. The van der Waals surface area contributed by atoms with Crippen molar-refractivity contribution in [2.24, 2.45) is 0 Å². The van der Waals surface area contributed by atoms with E-state index in [1.165, 1.54) is 0 Å². The van der Waals surface area contributed by atoms with Gasteiger partial charge in [0.05, 0.1) is 13.1 Å². The molecule has 22 heavy (non-hydrogen) atoms. The number of amides is 3. The minimum absolute atomic E-state index is 0.0892. The van der Waals surface area contributed by atoms with Crippen LogP contribution in [-0.2, 0) is 14.4 Å². The summed E-state index contributed by atoms with van der Waals surface area (Å²) in [5, 5.41) is 5.50. The number of rotatable bonds is 8. The highest BCUT2D eigenvalue weighted by atomic mass is 16.2. The van der Waals surface area contributed by atoms with E-state index in [1.54, 1.807) is 11.9 Å². The second-order valence-electron chi connectivity index (χ2n) is 6.08. The molecule has 3 amide bonds. The van der Waals surface area contributed by atoms with Crippen molar-refractivity contribution >= 4 is 17.7 Å². The van der Waals surface area contributed by atoms with E-state index < -0.39 is 0 Å². The first-order valence-electron chi connectivity index (χ1n) is 7.91. The Kier molecular flexibility index (Phi) is 7.87. The third kappa shape index (κ3) is 7.40. The predicted molar refractivity (Wildman–Crippen MR) is 84.2 cm³/mol. The van der Waals surface area contributed by atoms with Crippen LogP contribution in [0.5, 0.6) is 0 Å². The number of nitrogens with zero attached hydrogens (tertiary/aromatic N) is 2. The quantitative estimate of drug-likeness (QED) is 0.637. The van der Waals surface area contributed by atoms with Gasteiger partial charge in [-0.2, -0.15) is 0 Å². The summed E-state index contributed by atoms with van der Waals surface area (Å²) in [6, 6.07) is 0.0892. The summed E-state index contributed by atoms with van der Waals surface area (Å²) < 4.78 is 0. The van der Waals surface area contributed by atoms with E-state index in [1.807, 2.05) is 18.7 Å². The van der Waals surface area contributed by atoms with E-state index in [9.17, 15) is 14.4 Å². The first-order valence-corrected chi connectivity index (χ1v) is 7.91. The molecule has 0 aromatic carbocycles. The zero-order valence-corrected chi connectivity index (χ0v) is 13.9. The Morgan fingerprint density at radius 3 is 2.27 bits per heavy atom. The normalized spacial score (nSPS) is 14.5. The summed E-state index contributed by atoms with van der Waals surface area (Å²) in [6.45, 7) is 6.12. The lowest BCUT2D eigenvalue weighted by Gasteiger charge is -2.18. The molecule has 0 atom stereocenters. The molecule has 126 valence electrons. The number of likely N-dealkylation sites (tertiary alicyclic amines) is 1. The van der Waals surface area contributed by atoms with Crippen molar-refractivity contribution in [2.75, 3.05) is 39.8 Å². The average molecular weight is 312 g/mol. The Morgan fingerprint density at radius 2 is 1.68 bits per heavy atom. The van der Waals surface area contributed by atoms with Crippen molar-refractivity contribution in [2.45, 2.75) is 39.2 Å². The molecule has 1 saturated heterocycles. The monoisotopic (exact) mass is 312 g/mol. The van der Waals surface area contributed by atoms with Crippen LogP contribution >= 0.6 is 0 Å². The largest absolute Gasteiger partial charge is 0.354 e. The summed E-state index contributed by atoms with van der Waals surface area (Å²) in [6.07, 6.45) is 2.48. The molecule has 1 aliphatic heterocycles. The summed E-state index contributed by atoms with van der Waals surface area (Å²) in [5.74, 6) is -0.175. The second kappa shape index (κ2) is 9.40. The molecule has 0 saturated carbocycles. The maximum Gasteiger partial charge on any atom is 0.234 e. The van der Waals surface area contributed by atoms with Gasteiger partial charge in [0.25, 0.3) is 0 Å². The molecule has 0 aromatic rings. The molecule has 1 heterocycles. The average Bonchev–Trinajstić information content (AvgIpc) is 2.90. The zero-order chi connectivity index (χ0) is 16.5. The molecule has 0 spiro atoms. The highest BCUT2D eigenvalue weighted by Gasteiger charge is 2.17. The number of carbonyl (C=O) groups excluding carboxylic acids is 3. The van der Waals surface area contributed by atoms with Gasteiger partial charge in [0, 0.05) is 32.1 Å². The van der Waals surface area contributed by atoms with Crippen molar-refractivity contribution in [3.05, 3.63) is 0 Å². The lowest BCUT2D eigenvalue weighted by Crippen LogP contribution is -2.43. The number of nitrogens with one attached hydrogen (secondary N) is 2. The fourth-order valence-corrected chi connectivity index (χ4v) is 2.40. The summed E-state index contributed by atoms with van der Waals surface area (Å²) in [7, 11) is 1.72. The molecular weight excluding hydrogens is 284 g/mol. The van der Waals surface area contributed by atoms with Crippen molar-refractivity contribution in [1.82, 2.24) is 20.4 Å². The smallest absolute Gasteiger partial charge is 0.234 e. The molecule has 7 nitrogen and oxygen atoms in total. The Bertz CT molecular complexity index is 392. The maximum absolute atomic E-state index is 11.8. The van der Waals surface area contributed by atoms with Crippen LogP contribution in [-0.4, -0.2) is 73.3 Å². The first-order chi connectivity index (χ1) is 10.4. The fraction of sp³-hybridized carbons (Fsp3) is 0.800. The van der Waals surface area contributed by atoms with Crippen LogP contribution in [0, 0.1) is 0 Å². The summed E-state index contributed by atoms with van der Waals surface area (Å²) in [4.78, 5) is 38.6. The van der Waals surface area contributed by atoms with Crippen LogP contribution in [0.15, 0.2) is 0 Å². The molecule has 0 radical (unpaired) electrons. The van der Waals surface area contributed by atoms with Crippen molar-refractivity contribution in [3.63, 3.8) is 0 Å². The number of hydrogen-bond acceptors (Lipinski definition) is 4. The van der Waals surface area contributed by atoms with Gasteiger partial charge in [0.1, 0.15) is 0 Å². The Balaban J connectivity index is 2.14. The molecule has 0 aliphatic carbocycles. The van der Waals surface area contributed by atoms with Gasteiger partial charge in [0.15, 0.2) is 0 Å². The van der Waals surface area contributed by atoms with Crippen molar-refractivity contribution < 1.29 is 14.4 Å². The van der Waals surface area contributed by atoms with Gasteiger partial charge in [-0.25, -0.2) is 0 Å². The molecule has 1 rings (SSSR count). The van der Waals surface area contributed by atoms with Crippen molar-refractivity contribution in [3.8, 4) is 0 Å². The Labute approximate surface area is 132 Å². The molecule has 1 fully saturated rings. The molecule has 7 heteroatoms. The van der Waals surface area contributed by atoms with Crippen LogP contribution in [0.25, 0.3) is 0 Å². The second-order valence-corrected chi connectivity index (χ2v) is 6.08. The van der Waals surface area contributed by atoms with Gasteiger partial charge in [-0.1, -0.05) is 0 Å². The van der Waals surface area contributed by atoms with Crippen molar-refractivity contribution in [1.29, 1.82) is 0 Å². The van der Waals surface area contributed by atoms with E-state index in [0.717, 1.165) is 25.9 Å². The SMILES string of the molecule is CC(C)NC(=O)CN(C)CC(=O)NCCC(=O)N1CCCC1. The highest BCUT2D eigenvalue weighted by Crippen LogP contribution is 2.08. The standard InChI is InChI=1S/C15H28N4O3/c1-12(2)17-14(21)11-18(3)10-13(20)16-7-6-15(22)19-8-4-5-9-19/h12H,4-11H2,1-3H3,(H,16,20)(H,17,21). The van der Waals surface area contributed by atoms with E-state index in [2.05, 4.69) is 10.6 Å². The third-order valence-corrected chi connectivity index (χ3v) is 3.40. The number of hydrogen-bond donors (Lipinski definition) is 2. The molecule has 0 unspecified atom stereocenters. The first kappa shape index (κ1) is 18.4. The van der Waals surface area contributed by atoms with Gasteiger partial charge in [-0.3, -0.25) is 19.3 Å².